The number of fused-ring (bicyclic) bond motifs is 1. The summed E-state index contributed by atoms with van der Waals surface area (Å²) >= 11 is 0. The maximum Gasteiger partial charge on any atom is 0.154 e. The highest BCUT2D eigenvalue weighted by molar-refractivity contribution is 6.29. The van der Waals surface area contributed by atoms with Crippen LogP contribution in [-0.4, -0.2) is 47.7 Å². The molecule has 3 rings (SSSR count). The van der Waals surface area contributed by atoms with E-state index in [0.29, 0.717) is 11.7 Å². The van der Waals surface area contributed by atoms with E-state index in [1.165, 1.54) is 19.0 Å². The summed E-state index contributed by atoms with van der Waals surface area (Å²) in [6.45, 7) is 9.67. The van der Waals surface area contributed by atoms with Crippen molar-refractivity contribution in [3.63, 3.8) is 0 Å². The van der Waals surface area contributed by atoms with E-state index in [1.54, 1.807) is 6.20 Å². The summed E-state index contributed by atoms with van der Waals surface area (Å²) in [4.78, 5) is 14.7. The minimum absolute atomic E-state index is 0.662. The zero-order valence-corrected chi connectivity index (χ0v) is 13.6. The number of amidine groups is 1. The monoisotopic (exact) mass is 310 g/mol. The Labute approximate surface area is 136 Å². The number of rotatable bonds is 5. The van der Waals surface area contributed by atoms with Crippen molar-refractivity contribution in [3.8, 4) is 0 Å². The van der Waals surface area contributed by atoms with Crippen molar-refractivity contribution in [3.05, 3.63) is 29.7 Å². The van der Waals surface area contributed by atoms with Crippen LogP contribution in [0.15, 0.2) is 33.3 Å². The number of piperidine rings is 1. The van der Waals surface area contributed by atoms with E-state index in [1.807, 2.05) is 30.5 Å². The van der Waals surface area contributed by atoms with Crippen molar-refractivity contribution in [1.82, 2.24) is 9.47 Å². The normalized spacial score (nSPS) is 24.2. The molecule has 2 heterocycles. The highest BCUT2D eigenvalue weighted by Crippen LogP contribution is 2.44. The van der Waals surface area contributed by atoms with E-state index < -0.39 is 0 Å². The quantitative estimate of drug-likeness (QED) is 0.659. The maximum atomic E-state index is 7.52. The van der Waals surface area contributed by atoms with Crippen LogP contribution < -0.4 is 0 Å². The maximum absolute atomic E-state index is 7.52. The highest BCUT2D eigenvalue weighted by Gasteiger charge is 2.45. The first-order chi connectivity index (χ1) is 11.1. The summed E-state index contributed by atoms with van der Waals surface area (Å²) in [7, 11) is 0. The minimum atomic E-state index is 0.662. The highest BCUT2D eigenvalue weighted by atomic mass is 15.2. The van der Waals surface area contributed by atoms with Crippen molar-refractivity contribution >= 4 is 30.9 Å². The van der Waals surface area contributed by atoms with E-state index >= 15 is 0 Å². The molecule has 120 valence electrons. The van der Waals surface area contributed by atoms with Gasteiger partial charge in [0.05, 0.1) is 12.4 Å². The van der Waals surface area contributed by atoms with Gasteiger partial charge in [-0.2, -0.15) is 0 Å². The molecule has 0 aromatic carbocycles. The average Bonchev–Trinajstić information content (AvgIpc) is 3.02. The number of nitrogens with zero attached hydrogens (tertiary/aromatic N) is 5. The van der Waals surface area contributed by atoms with Crippen LogP contribution in [0.4, 0.5) is 0 Å². The first kappa shape index (κ1) is 15.4. The number of nitrogens with one attached hydrogen (secondary N) is 1. The Morgan fingerprint density at radius 2 is 1.91 bits per heavy atom. The molecule has 1 aliphatic heterocycles. The molecule has 1 saturated heterocycles. The lowest BCUT2D eigenvalue weighted by Gasteiger charge is -2.18. The molecular formula is C17H22N6. The van der Waals surface area contributed by atoms with Gasteiger partial charge in [0.1, 0.15) is 12.2 Å². The van der Waals surface area contributed by atoms with Gasteiger partial charge in [-0.25, -0.2) is 15.0 Å². The fourth-order valence-corrected chi connectivity index (χ4v) is 3.19. The van der Waals surface area contributed by atoms with Gasteiger partial charge in [0, 0.05) is 24.5 Å². The summed E-state index contributed by atoms with van der Waals surface area (Å²) in [5.74, 6) is 2.97. The largest absolute Gasteiger partial charge is 0.355 e. The van der Waals surface area contributed by atoms with E-state index in [-0.39, 0.29) is 0 Å². The predicted octanol–water partition coefficient (Wildman–Crippen LogP) is 2.59. The molecule has 2 unspecified atom stereocenters. The number of aromatic nitrogens is 1. The van der Waals surface area contributed by atoms with Gasteiger partial charge in [-0.05, 0) is 51.0 Å². The van der Waals surface area contributed by atoms with Crippen LogP contribution in [0.2, 0.25) is 0 Å². The Bertz CT molecular complexity index is 679. The third-order valence-corrected chi connectivity index (χ3v) is 4.54. The standard InChI is InChI=1S/C17H22N6/c1-12-4-5-13(2)23(12)17(19-3)8-20-11-21-16(7-18)22-9-14-6-15(14)10-22/h4-5,7-8,11,14-15,18H,3,6,9-10H2,1-2H3/b17-8+,18-7?,20-11-,21-16+. The average molecular weight is 310 g/mol. The smallest absolute Gasteiger partial charge is 0.154 e. The molecule has 2 fully saturated rings. The molecule has 0 radical (unpaired) electrons. The minimum Gasteiger partial charge on any atom is -0.355 e. The molecule has 1 aromatic heterocycles. The SMILES string of the molecule is C=N\C(=C/N=C\N=C(/C=N)N1CC2CC2C1)n1c(C)ccc1C. The number of aryl methyl sites for hydroxylation is 2. The second-order valence-corrected chi connectivity index (χ2v) is 6.15. The van der Waals surface area contributed by atoms with E-state index in [0.717, 1.165) is 36.3 Å². The number of aliphatic imine (C=N–C) groups is 3. The summed E-state index contributed by atoms with van der Waals surface area (Å²) in [6.07, 6.45) is 5.75. The number of likely N-dealkylation sites (tertiary alicyclic amines) is 1. The molecule has 1 aromatic rings. The molecule has 0 spiro atoms. The lowest BCUT2D eigenvalue weighted by molar-refractivity contribution is 0.468. The second-order valence-electron chi connectivity index (χ2n) is 6.15. The van der Waals surface area contributed by atoms with Crippen molar-refractivity contribution in [2.24, 2.45) is 26.8 Å². The Hall–Kier alpha value is -2.50. The molecule has 1 N–H and O–H groups in total. The Balaban J connectivity index is 1.71. The van der Waals surface area contributed by atoms with Crippen molar-refractivity contribution in [1.29, 1.82) is 5.41 Å². The fourth-order valence-electron chi connectivity index (χ4n) is 3.19. The second kappa shape index (κ2) is 6.32. The van der Waals surface area contributed by atoms with Gasteiger partial charge < -0.3 is 14.9 Å². The zero-order valence-electron chi connectivity index (χ0n) is 13.6. The van der Waals surface area contributed by atoms with E-state index in [9.17, 15) is 0 Å². The third kappa shape index (κ3) is 3.16. The Morgan fingerprint density at radius 3 is 2.48 bits per heavy atom. The molecule has 1 saturated carbocycles. The van der Waals surface area contributed by atoms with Gasteiger partial charge in [0.15, 0.2) is 5.82 Å². The molecule has 0 bridgehead atoms. The summed E-state index contributed by atoms with van der Waals surface area (Å²) in [5, 5.41) is 7.52. The molecule has 6 nitrogen and oxygen atoms in total. The van der Waals surface area contributed by atoms with Crippen molar-refractivity contribution in [2.45, 2.75) is 20.3 Å². The van der Waals surface area contributed by atoms with Gasteiger partial charge in [-0.1, -0.05) is 0 Å². The lowest BCUT2D eigenvalue weighted by atomic mass is 10.4. The fraction of sp³-hybridized carbons (Fsp3) is 0.412. The van der Waals surface area contributed by atoms with Crippen LogP contribution in [-0.2, 0) is 0 Å². The number of hydrogen-bond donors (Lipinski definition) is 1. The number of hydrogen-bond acceptors (Lipinski definition) is 3. The third-order valence-electron chi connectivity index (χ3n) is 4.54. The Morgan fingerprint density at radius 1 is 1.26 bits per heavy atom. The van der Waals surface area contributed by atoms with Crippen LogP contribution in [0.25, 0.3) is 5.82 Å². The summed E-state index contributed by atoms with van der Waals surface area (Å²) < 4.78 is 1.99. The van der Waals surface area contributed by atoms with E-state index in [2.05, 4.69) is 26.6 Å². The van der Waals surface area contributed by atoms with Gasteiger partial charge in [0.2, 0.25) is 0 Å². The Kier molecular flexibility index (Phi) is 4.23. The van der Waals surface area contributed by atoms with Crippen LogP contribution in [0.1, 0.15) is 17.8 Å². The van der Waals surface area contributed by atoms with Crippen molar-refractivity contribution in [2.75, 3.05) is 13.1 Å². The van der Waals surface area contributed by atoms with Gasteiger partial charge in [-0.3, -0.25) is 0 Å². The van der Waals surface area contributed by atoms with Crippen molar-refractivity contribution < 1.29 is 0 Å². The first-order valence-corrected chi connectivity index (χ1v) is 7.81. The van der Waals surface area contributed by atoms with Gasteiger partial charge in [-0.15, -0.1) is 0 Å². The first-order valence-electron chi connectivity index (χ1n) is 7.81. The van der Waals surface area contributed by atoms with Gasteiger partial charge in [0.25, 0.3) is 0 Å². The zero-order chi connectivity index (χ0) is 16.4. The molecule has 0 amide bonds. The molecule has 1 aliphatic carbocycles. The van der Waals surface area contributed by atoms with Crippen LogP contribution in [0.3, 0.4) is 0 Å². The summed E-state index contributed by atoms with van der Waals surface area (Å²) in [6, 6.07) is 4.06. The molecule has 23 heavy (non-hydrogen) atoms. The summed E-state index contributed by atoms with van der Waals surface area (Å²) in [5.41, 5.74) is 2.16. The predicted molar refractivity (Wildman–Crippen MR) is 95.6 cm³/mol. The van der Waals surface area contributed by atoms with Gasteiger partial charge >= 0.3 is 0 Å². The lowest BCUT2D eigenvalue weighted by Crippen LogP contribution is -2.31. The topological polar surface area (TPSA) is 69.1 Å². The van der Waals surface area contributed by atoms with Crippen LogP contribution >= 0.6 is 0 Å². The van der Waals surface area contributed by atoms with Crippen LogP contribution in [0, 0.1) is 31.1 Å². The molecule has 2 aliphatic rings. The molecule has 6 heteroatoms. The van der Waals surface area contributed by atoms with E-state index in [4.69, 9.17) is 5.41 Å². The molecule has 2 atom stereocenters. The van der Waals surface area contributed by atoms with Crippen LogP contribution in [0.5, 0.6) is 0 Å². The molecular weight excluding hydrogens is 288 g/mol.